The number of aliphatic hydroxyl groups excluding tert-OH is 1. The standard InChI is InChI=1S/C15H21OSi.2ClH.Zr/c1-17(2,12-6-11-16)15-10-5-9-14(15)13-7-3-4-8-13;;;/h3,5,7,10,16H,4,6,9,11-12H2,1-2H3;2*1H;/q;;;+2/p-2. The number of allylic oxidation sites excluding steroid dienone is 8. The van der Waals surface area contributed by atoms with E-state index in [2.05, 4.69) is 37.4 Å². The number of hydrogen-bond donors (Lipinski definition) is 1. The molecule has 20 heavy (non-hydrogen) atoms. The Kier molecular flexibility index (Phi) is 9.17. The van der Waals surface area contributed by atoms with E-state index in [9.17, 15) is 0 Å². The van der Waals surface area contributed by atoms with Crippen molar-refractivity contribution in [2.75, 3.05) is 6.61 Å². The Bertz CT molecular complexity index is 464. The zero-order valence-electron chi connectivity index (χ0n) is 12.0. The summed E-state index contributed by atoms with van der Waals surface area (Å²) in [5.74, 6) is 0. The van der Waals surface area contributed by atoms with Gasteiger partial charge in [0.25, 0.3) is 0 Å². The SMILES string of the molecule is C[Si](C)(CCCO)C1=C(C2=[C]([Zr+2])CC=C2)CC=C1.[Cl-].[Cl-]. The number of halogens is 2. The Labute approximate surface area is 151 Å². The second-order valence-corrected chi connectivity index (χ2v) is 12.0. The van der Waals surface area contributed by atoms with E-state index < -0.39 is 8.07 Å². The van der Waals surface area contributed by atoms with Crippen LogP contribution in [-0.4, -0.2) is 19.8 Å². The Hall–Kier alpha value is 0.600. The van der Waals surface area contributed by atoms with Gasteiger partial charge in [0.05, 0.1) is 0 Å². The molecule has 0 atom stereocenters. The van der Waals surface area contributed by atoms with Crippen LogP contribution in [0.15, 0.2) is 43.9 Å². The fraction of sp³-hybridized carbons (Fsp3) is 0.467. The van der Waals surface area contributed by atoms with Crippen molar-refractivity contribution in [3.05, 3.63) is 43.9 Å². The molecule has 0 bridgehead atoms. The molecular formula is C15H21Cl2OSiZr. The summed E-state index contributed by atoms with van der Waals surface area (Å²) in [4.78, 5) is 0. The van der Waals surface area contributed by atoms with Crippen molar-refractivity contribution in [2.24, 2.45) is 0 Å². The summed E-state index contributed by atoms with van der Waals surface area (Å²) in [7, 11) is -1.38. The van der Waals surface area contributed by atoms with Crippen molar-refractivity contribution in [2.45, 2.75) is 38.4 Å². The zero-order chi connectivity index (χ0) is 13.2. The normalized spacial score (nSPS) is 17.6. The van der Waals surface area contributed by atoms with Gasteiger partial charge in [-0.05, 0) is 0 Å². The minimum atomic E-state index is -1.38. The Morgan fingerprint density at radius 1 is 1.15 bits per heavy atom. The van der Waals surface area contributed by atoms with Crippen molar-refractivity contribution in [3.63, 3.8) is 0 Å². The molecule has 0 radical (unpaired) electrons. The molecule has 2 aliphatic carbocycles. The topological polar surface area (TPSA) is 20.2 Å². The van der Waals surface area contributed by atoms with Gasteiger partial charge in [0.1, 0.15) is 0 Å². The molecule has 0 amide bonds. The van der Waals surface area contributed by atoms with Crippen molar-refractivity contribution in [3.8, 4) is 0 Å². The van der Waals surface area contributed by atoms with Crippen LogP contribution in [0.3, 0.4) is 0 Å². The fourth-order valence-electron chi connectivity index (χ4n) is 2.84. The molecule has 2 rings (SSSR count). The summed E-state index contributed by atoms with van der Waals surface area (Å²) in [5, 5.41) is 10.7. The molecule has 0 aliphatic heterocycles. The van der Waals surface area contributed by atoms with Crippen LogP contribution in [0.2, 0.25) is 19.1 Å². The molecule has 0 saturated heterocycles. The van der Waals surface area contributed by atoms with Gasteiger partial charge < -0.3 is 24.8 Å². The van der Waals surface area contributed by atoms with Gasteiger partial charge in [-0.1, -0.05) is 0 Å². The van der Waals surface area contributed by atoms with Crippen LogP contribution < -0.4 is 24.8 Å². The van der Waals surface area contributed by atoms with E-state index in [1.54, 1.807) is 38.8 Å². The van der Waals surface area contributed by atoms with E-state index in [1.807, 2.05) is 0 Å². The van der Waals surface area contributed by atoms with Crippen LogP contribution in [0.4, 0.5) is 0 Å². The van der Waals surface area contributed by atoms with E-state index in [0.717, 1.165) is 19.3 Å². The van der Waals surface area contributed by atoms with E-state index in [4.69, 9.17) is 5.11 Å². The van der Waals surface area contributed by atoms with Gasteiger partial charge >= 0.3 is 127 Å². The molecule has 0 aromatic carbocycles. The van der Waals surface area contributed by atoms with Crippen molar-refractivity contribution in [1.82, 2.24) is 0 Å². The van der Waals surface area contributed by atoms with Crippen LogP contribution >= 0.6 is 0 Å². The van der Waals surface area contributed by atoms with E-state index in [1.165, 1.54) is 11.6 Å². The van der Waals surface area contributed by atoms with E-state index in [-0.39, 0.29) is 24.8 Å². The van der Waals surface area contributed by atoms with Crippen LogP contribution in [0, 0.1) is 0 Å². The van der Waals surface area contributed by atoms with Crippen LogP contribution in [0.1, 0.15) is 19.3 Å². The Morgan fingerprint density at radius 3 is 2.35 bits per heavy atom. The minimum Gasteiger partial charge on any atom is -1.00 e. The van der Waals surface area contributed by atoms with Crippen molar-refractivity contribution < 1.29 is 54.6 Å². The molecule has 1 N–H and O–H groups in total. The number of rotatable bonds is 5. The maximum Gasteiger partial charge on any atom is -1.00 e. The number of aliphatic hydroxyl groups is 1. The quantitative estimate of drug-likeness (QED) is 0.506. The summed E-state index contributed by atoms with van der Waals surface area (Å²) in [5.41, 5.74) is 3.11. The predicted octanol–water partition coefficient (Wildman–Crippen LogP) is -2.36. The molecule has 5 heteroatoms. The van der Waals surface area contributed by atoms with E-state index >= 15 is 0 Å². The van der Waals surface area contributed by atoms with E-state index in [0.29, 0.717) is 6.61 Å². The first-order valence-electron chi connectivity index (χ1n) is 6.69. The Balaban J connectivity index is 0.00000180. The summed E-state index contributed by atoms with van der Waals surface area (Å²) in [6, 6.07) is 1.19. The molecular weight excluding hydrogens is 386 g/mol. The maximum atomic E-state index is 9.06. The van der Waals surface area contributed by atoms with Gasteiger partial charge in [0.2, 0.25) is 0 Å². The summed E-state index contributed by atoms with van der Waals surface area (Å²) < 4.78 is 1.60. The van der Waals surface area contributed by atoms with Gasteiger partial charge in [0.15, 0.2) is 0 Å². The molecule has 0 fully saturated rings. The maximum absolute atomic E-state index is 9.06. The van der Waals surface area contributed by atoms with Gasteiger partial charge in [-0.15, -0.1) is 0 Å². The Morgan fingerprint density at radius 2 is 1.80 bits per heavy atom. The molecule has 0 saturated carbocycles. The molecule has 2 aliphatic rings. The molecule has 0 heterocycles. The molecule has 0 aromatic rings. The van der Waals surface area contributed by atoms with Crippen LogP contribution in [0.5, 0.6) is 0 Å². The second-order valence-electron chi connectivity index (χ2n) is 5.71. The van der Waals surface area contributed by atoms with Crippen LogP contribution in [-0.2, 0) is 24.7 Å². The molecule has 1 nitrogen and oxygen atoms in total. The molecule has 0 spiro atoms. The van der Waals surface area contributed by atoms with Gasteiger partial charge in [-0.3, -0.25) is 0 Å². The summed E-state index contributed by atoms with van der Waals surface area (Å²) in [6.45, 7) is 5.21. The first-order chi connectivity index (χ1) is 8.56. The monoisotopic (exact) mass is 405 g/mol. The average Bonchev–Trinajstić information content (AvgIpc) is 2.94. The van der Waals surface area contributed by atoms with Gasteiger partial charge in [-0.2, -0.15) is 0 Å². The van der Waals surface area contributed by atoms with Crippen molar-refractivity contribution in [1.29, 1.82) is 0 Å². The fourth-order valence-corrected chi connectivity index (χ4v) is 6.64. The predicted molar refractivity (Wildman–Crippen MR) is 75.6 cm³/mol. The third kappa shape index (κ3) is 4.55. The first kappa shape index (κ1) is 20.6. The smallest absolute Gasteiger partial charge is 1.00 e. The van der Waals surface area contributed by atoms with Gasteiger partial charge in [-0.25, -0.2) is 0 Å². The summed E-state index contributed by atoms with van der Waals surface area (Å²) >= 11 is 1.56. The van der Waals surface area contributed by atoms with Crippen molar-refractivity contribution >= 4 is 8.07 Å². The van der Waals surface area contributed by atoms with Crippen LogP contribution in [0.25, 0.3) is 0 Å². The third-order valence-corrected chi connectivity index (χ3v) is 8.57. The third-order valence-electron chi connectivity index (χ3n) is 3.88. The zero-order valence-corrected chi connectivity index (χ0v) is 17.0. The summed E-state index contributed by atoms with van der Waals surface area (Å²) in [6.07, 6.45) is 12.5. The molecule has 0 unspecified atom stereocenters. The van der Waals surface area contributed by atoms with Gasteiger partial charge in [0, 0.05) is 0 Å². The average molecular weight is 408 g/mol. The number of hydrogen-bond acceptors (Lipinski definition) is 1. The molecule has 109 valence electrons. The minimum absolute atomic E-state index is 0. The first-order valence-corrected chi connectivity index (χ1v) is 11.1. The molecule has 0 aromatic heterocycles. The largest absolute Gasteiger partial charge is 1.00 e. The second kappa shape index (κ2) is 8.90.